The molecule has 0 bridgehead atoms. The third-order valence-corrected chi connectivity index (χ3v) is 3.28. The highest BCUT2D eigenvalue weighted by atomic mass is 127. The Balaban J connectivity index is 2.41. The van der Waals surface area contributed by atoms with E-state index in [4.69, 9.17) is 11.6 Å². The number of rotatable bonds is 1. The van der Waals surface area contributed by atoms with Gasteiger partial charge in [-0.15, -0.1) is 10.2 Å². The molecule has 0 aliphatic rings. The predicted octanol–water partition coefficient (Wildman–Crippen LogP) is 3.46. The Morgan fingerprint density at radius 1 is 1.15 bits per heavy atom. The van der Waals surface area contributed by atoms with E-state index in [9.17, 15) is 0 Å². The van der Waals surface area contributed by atoms with Gasteiger partial charge in [-0.1, -0.05) is 23.5 Å². The summed E-state index contributed by atoms with van der Waals surface area (Å²) in [6.07, 6.45) is 0. The topological polar surface area (TPSA) is 25.8 Å². The number of hydrogen-bond donors (Lipinski definition) is 0. The molecule has 2 rings (SSSR count). The minimum absolute atomic E-state index is 0.480. The number of hydrogen-bond acceptors (Lipinski definition) is 3. The lowest BCUT2D eigenvalue weighted by Crippen LogP contribution is -1.76. The SMILES string of the molecule is Clc1nnc(-c2ccc(I)cc2)s1. The average Bonchev–Trinajstić information content (AvgIpc) is 2.53. The number of nitrogens with zero attached hydrogens (tertiary/aromatic N) is 2. The molecular weight excluding hydrogens is 319 g/mol. The minimum atomic E-state index is 0.480. The molecule has 1 heterocycles. The smallest absolute Gasteiger partial charge is 0.137 e. The van der Waals surface area contributed by atoms with Crippen molar-refractivity contribution in [1.82, 2.24) is 10.2 Å². The van der Waals surface area contributed by atoms with Gasteiger partial charge in [0.2, 0.25) is 4.47 Å². The molecule has 0 fully saturated rings. The molecule has 0 aliphatic carbocycles. The van der Waals surface area contributed by atoms with E-state index in [-0.39, 0.29) is 0 Å². The van der Waals surface area contributed by atoms with Crippen LogP contribution in [0.2, 0.25) is 4.47 Å². The van der Waals surface area contributed by atoms with E-state index in [1.165, 1.54) is 14.9 Å². The molecule has 0 spiro atoms. The first-order valence-electron chi connectivity index (χ1n) is 3.50. The molecule has 0 aliphatic heterocycles. The summed E-state index contributed by atoms with van der Waals surface area (Å²) >= 11 is 9.33. The quantitative estimate of drug-likeness (QED) is 0.751. The van der Waals surface area contributed by atoms with Crippen LogP contribution in [-0.2, 0) is 0 Å². The van der Waals surface area contributed by atoms with Crippen LogP contribution in [-0.4, -0.2) is 10.2 Å². The molecule has 0 N–H and O–H groups in total. The van der Waals surface area contributed by atoms with Crippen molar-refractivity contribution >= 4 is 45.5 Å². The second kappa shape index (κ2) is 3.89. The van der Waals surface area contributed by atoms with Crippen LogP contribution in [0.25, 0.3) is 10.6 Å². The van der Waals surface area contributed by atoms with Gasteiger partial charge in [0.05, 0.1) is 0 Å². The van der Waals surface area contributed by atoms with Crippen LogP contribution in [0.1, 0.15) is 0 Å². The Bertz CT molecular complexity index is 412. The van der Waals surface area contributed by atoms with Gasteiger partial charge in [0.1, 0.15) is 5.01 Å². The largest absolute Gasteiger partial charge is 0.207 e. The van der Waals surface area contributed by atoms with Crippen molar-refractivity contribution in [3.8, 4) is 10.6 Å². The van der Waals surface area contributed by atoms with Crippen molar-refractivity contribution in [2.24, 2.45) is 0 Å². The van der Waals surface area contributed by atoms with Gasteiger partial charge in [-0.3, -0.25) is 0 Å². The Morgan fingerprint density at radius 2 is 1.85 bits per heavy atom. The van der Waals surface area contributed by atoms with E-state index in [0.29, 0.717) is 4.47 Å². The molecule has 2 nitrogen and oxygen atoms in total. The van der Waals surface area contributed by atoms with Gasteiger partial charge in [-0.05, 0) is 46.3 Å². The van der Waals surface area contributed by atoms with E-state index < -0.39 is 0 Å². The first kappa shape index (κ1) is 9.36. The lowest BCUT2D eigenvalue weighted by atomic mass is 10.2. The summed E-state index contributed by atoms with van der Waals surface area (Å²) in [6, 6.07) is 8.09. The van der Waals surface area contributed by atoms with Crippen molar-refractivity contribution in [1.29, 1.82) is 0 Å². The molecule has 1 aromatic heterocycles. The number of halogens is 2. The van der Waals surface area contributed by atoms with Gasteiger partial charge in [0.15, 0.2) is 0 Å². The van der Waals surface area contributed by atoms with Crippen LogP contribution in [0.3, 0.4) is 0 Å². The molecule has 0 radical (unpaired) electrons. The Hall–Kier alpha value is -0.200. The van der Waals surface area contributed by atoms with Crippen molar-refractivity contribution in [3.63, 3.8) is 0 Å². The van der Waals surface area contributed by atoms with Crippen LogP contribution < -0.4 is 0 Å². The molecule has 2 aromatic rings. The minimum Gasteiger partial charge on any atom is -0.137 e. The van der Waals surface area contributed by atoms with Crippen LogP contribution in [0.15, 0.2) is 24.3 Å². The standard InChI is InChI=1S/C8H4ClIN2S/c9-8-12-11-7(13-8)5-1-3-6(10)4-2-5/h1-4H. The highest BCUT2D eigenvalue weighted by Gasteiger charge is 2.03. The molecule has 0 atom stereocenters. The van der Waals surface area contributed by atoms with Gasteiger partial charge in [-0.25, -0.2) is 0 Å². The fraction of sp³-hybridized carbons (Fsp3) is 0. The van der Waals surface area contributed by atoms with E-state index in [0.717, 1.165) is 10.6 Å². The molecule has 0 amide bonds. The van der Waals surface area contributed by atoms with Crippen LogP contribution >= 0.6 is 45.5 Å². The maximum atomic E-state index is 5.68. The van der Waals surface area contributed by atoms with Crippen LogP contribution in [0, 0.1) is 3.57 Å². The monoisotopic (exact) mass is 322 g/mol. The molecule has 0 unspecified atom stereocenters. The number of benzene rings is 1. The normalized spacial score (nSPS) is 10.3. The summed E-state index contributed by atoms with van der Waals surface area (Å²) in [7, 11) is 0. The van der Waals surface area contributed by atoms with E-state index in [2.05, 4.69) is 32.8 Å². The summed E-state index contributed by atoms with van der Waals surface area (Å²) in [6.45, 7) is 0. The Kier molecular flexibility index (Phi) is 2.80. The van der Waals surface area contributed by atoms with Crippen LogP contribution in [0.5, 0.6) is 0 Å². The summed E-state index contributed by atoms with van der Waals surface area (Å²) < 4.78 is 1.69. The second-order valence-electron chi connectivity index (χ2n) is 2.37. The molecule has 5 heteroatoms. The number of aromatic nitrogens is 2. The van der Waals surface area contributed by atoms with Gasteiger partial charge in [0, 0.05) is 9.13 Å². The molecule has 0 saturated carbocycles. The summed E-state index contributed by atoms with van der Waals surface area (Å²) in [4.78, 5) is 0. The third-order valence-electron chi connectivity index (χ3n) is 1.49. The Morgan fingerprint density at radius 3 is 2.38 bits per heavy atom. The lowest BCUT2D eigenvalue weighted by molar-refractivity contribution is 1.10. The van der Waals surface area contributed by atoms with Gasteiger partial charge in [0.25, 0.3) is 0 Å². The predicted molar refractivity (Wildman–Crippen MR) is 63.1 cm³/mol. The zero-order chi connectivity index (χ0) is 9.26. The van der Waals surface area contributed by atoms with E-state index in [1.54, 1.807) is 0 Å². The van der Waals surface area contributed by atoms with E-state index in [1.807, 2.05) is 24.3 Å². The fourth-order valence-electron chi connectivity index (χ4n) is 0.914. The first-order valence-corrected chi connectivity index (χ1v) is 5.78. The van der Waals surface area contributed by atoms with Crippen molar-refractivity contribution in [2.45, 2.75) is 0 Å². The Labute approximate surface area is 98.1 Å². The van der Waals surface area contributed by atoms with E-state index >= 15 is 0 Å². The second-order valence-corrected chi connectivity index (χ2v) is 5.17. The summed E-state index contributed by atoms with van der Waals surface area (Å²) in [5.74, 6) is 0. The molecular formula is C8H4ClIN2S. The third kappa shape index (κ3) is 2.18. The van der Waals surface area contributed by atoms with Gasteiger partial charge < -0.3 is 0 Å². The highest BCUT2D eigenvalue weighted by Crippen LogP contribution is 2.26. The molecule has 13 heavy (non-hydrogen) atoms. The zero-order valence-electron chi connectivity index (χ0n) is 6.37. The lowest BCUT2D eigenvalue weighted by Gasteiger charge is -1.93. The molecule has 0 saturated heterocycles. The van der Waals surface area contributed by atoms with Crippen molar-refractivity contribution in [2.75, 3.05) is 0 Å². The van der Waals surface area contributed by atoms with Crippen molar-refractivity contribution < 1.29 is 0 Å². The molecule has 66 valence electrons. The maximum absolute atomic E-state index is 5.68. The summed E-state index contributed by atoms with van der Waals surface area (Å²) in [5, 5.41) is 8.56. The van der Waals surface area contributed by atoms with Gasteiger partial charge in [-0.2, -0.15) is 0 Å². The van der Waals surface area contributed by atoms with Gasteiger partial charge >= 0.3 is 0 Å². The molecule has 1 aromatic carbocycles. The summed E-state index contributed by atoms with van der Waals surface area (Å²) in [5.41, 5.74) is 1.06. The fourth-order valence-corrected chi connectivity index (χ4v) is 2.11. The average molecular weight is 323 g/mol. The first-order chi connectivity index (χ1) is 6.25. The maximum Gasteiger partial charge on any atom is 0.207 e. The van der Waals surface area contributed by atoms with Crippen LogP contribution in [0.4, 0.5) is 0 Å². The van der Waals surface area contributed by atoms with Crippen molar-refractivity contribution in [3.05, 3.63) is 32.3 Å². The zero-order valence-corrected chi connectivity index (χ0v) is 10.1. The highest BCUT2D eigenvalue weighted by molar-refractivity contribution is 14.1.